The molecule has 0 saturated heterocycles. The number of hydrogen-bond donors (Lipinski definition) is 0. The lowest BCUT2D eigenvalue weighted by molar-refractivity contribution is 0.796. The molecular weight excluding hydrogens is 124 g/mol. The van der Waals surface area contributed by atoms with Crippen LogP contribution in [-0.2, 0) is 6.42 Å². The van der Waals surface area contributed by atoms with Gasteiger partial charge < -0.3 is 0 Å². The first-order valence-electron chi connectivity index (χ1n) is 3.57. The van der Waals surface area contributed by atoms with Gasteiger partial charge in [-0.2, -0.15) is 5.10 Å². The minimum atomic E-state index is 1.14. The molecule has 2 nitrogen and oxygen atoms in total. The Morgan fingerprint density at radius 3 is 3.30 bits per heavy atom. The zero-order valence-electron chi connectivity index (χ0n) is 6.04. The molecule has 2 heterocycles. The normalized spacial score (nSPS) is 15.3. The van der Waals surface area contributed by atoms with Crippen molar-refractivity contribution >= 4 is 6.20 Å². The summed E-state index contributed by atoms with van der Waals surface area (Å²) in [7, 11) is 0. The minimum absolute atomic E-state index is 1.14. The predicted molar refractivity (Wildman–Crippen MR) is 40.6 cm³/mol. The molecule has 1 aliphatic rings. The van der Waals surface area contributed by atoms with E-state index in [1.807, 2.05) is 17.1 Å². The second-order valence-electron chi connectivity index (χ2n) is 2.64. The van der Waals surface area contributed by atoms with Crippen LogP contribution in [-0.4, -0.2) is 9.78 Å². The van der Waals surface area contributed by atoms with Gasteiger partial charge in [0.15, 0.2) is 0 Å². The average molecular weight is 134 g/mol. The largest absolute Gasteiger partial charge is 0.245 e. The molecule has 0 radical (unpaired) electrons. The Morgan fingerprint density at radius 2 is 2.50 bits per heavy atom. The molecule has 2 heteroatoms. The van der Waals surface area contributed by atoms with E-state index in [1.165, 1.54) is 11.3 Å². The Labute approximate surface area is 60.2 Å². The molecule has 0 amide bonds. The first-order chi connectivity index (χ1) is 4.88. The SMILES string of the molecule is Cc1cnn2c1CCC=C2. The van der Waals surface area contributed by atoms with Crippen LogP contribution in [0.2, 0.25) is 0 Å². The minimum Gasteiger partial charge on any atom is -0.245 e. The predicted octanol–water partition coefficient (Wildman–Crippen LogP) is 1.61. The molecule has 0 spiro atoms. The van der Waals surface area contributed by atoms with E-state index in [9.17, 15) is 0 Å². The zero-order chi connectivity index (χ0) is 6.97. The van der Waals surface area contributed by atoms with Crippen molar-refractivity contribution in [1.29, 1.82) is 0 Å². The molecule has 0 atom stereocenters. The molecule has 0 aromatic carbocycles. The molecule has 2 rings (SSSR count). The van der Waals surface area contributed by atoms with Crippen molar-refractivity contribution in [3.63, 3.8) is 0 Å². The Hall–Kier alpha value is -1.05. The topological polar surface area (TPSA) is 17.8 Å². The van der Waals surface area contributed by atoms with Crippen LogP contribution in [0.3, 0.4) is 0 Å². The molecule has 1 aliphatic heterocycles. The smallest absolute Gasteiger partial charge is 0.0526 e. The van der Waals surface area contributed by atoms with Crippen LogP contribution in [0.15, 0.2) is 12.3 Å². The van der Waals surface area contributed by atoms with Crippen LogP contribution in [0.5, 0.6) is 0 Å². The second-order valence-corrected chi connectivity index (χ2v) is 2.64. The van der Waals surface area contributed by atoms with Gasteiger partial charge in [-0.1, -0.05) is 6.08 Å². The number of aryl methyl sites for hydroxylation is 1. The maximum absolute atomic E-state index is 4.19. The van der Waals surface area contributed by atoms with Gasteiger partial charge in [-0.3, -0.25) is 0 Å². The highest BCUT2D eigenvalue weighted by Crippen LogP contribution is 2.14. The summed E-state index contributed by atoms with van der Waals surface area (Å²) in [5.74, 6) is 0. The van der Waals surface area contributed by atoms with Gasteiger partial charge in [-0.15, -0.1) is 0 Å². The van der Waals surface area contributed by atoms with E-state index in [1.54, 1.807) is 0 Å². The summed E-state index contributed by atoms with van der Waals surface area (Å²) < 4.78 is 1.96. The van der Waals surface area contributed by atoms with E-state index in [0.717, 1.165) is 12.8 Å². The van der Waals surface area contributed by atoms with Crippen molar-refractivity contribution in [2.24, 2.45) is 0 Å². The zero-order valence-corrected chi connectivity index (χ0v) is 6.04. The second kappa shape index (κ2) is 1.97. The summed E-state index contributed by atoms with van der Waals surface area (Å²) in [6, 6.07) is 0. The van der Waals surface area contributed by atoms with Crippen molar-refractivity contribution in [2.75, 3.05) is 0 Å². The fourth-order valence-corrected chi connectivity index (χ4v) is 1.31. The summed E-state index contributed by atoms with van der Waals surface area (Å²) in [6.07, 6.45) is 8.41. The van der Waals surface area contributed by atoms with Gasteiger partial charge in [0.1, 0.15) is 0 Å². The fraction of sp³-hybridized carbons (Fsp3) is 0.375. The van der Waals surface area contributed by atoms with Crippen LogP contribution >= 0.6 is 0 Å². The summed E-state index contributed by atoms with van der Waals surface area (Å²) in [6.45, 7) is 2.11. The van der Waals surface area contributed by atoms with Gasteiger partial charge in [0.25, 0.3) is 0 Å². The third kappa shape index (κ3) is 0.685. The summed E-state index contributed by atoms with van der Waals surface area (Å²) in [4.78, 5) is 0. The number of allylic oxidation sites excluding steroid dienone is 1. The highest BCUT2D eigenvalue weighted by molar-refractivity contribution is 5.32. The van der Waals surface area contributed by atoms with Crippen molar-refractivity contribution in [1.82, 2.24) is 9.78 Å². The van der Waals surface area contributed by atoms with Gasteiger partial charge in [0.2, 0.25) is 0 Å². The van der Waals surface area contributed by atoms with Gasteiger partial charge in [0, 0.05) is 11.9 Å². The van der Waals surface area contributed by atoms with Crippen LogP contribution in [0, 0.1) is 6.92 Å². The highest BCUT2D eigenvalue weighted by Gasteiger charge is 2.06. The van der Waals surface area contributed by atoms with E-state index in [0.29, 0.717) is 0 Å². The lowest BCUT2D eigenvalue weighted by Gasteiger charge is -2.06. The highest BCUT2D eigenvalue weighted by atomic mass is 15.3. The Balaban J connectivity index is 2.57. The Kier molecular flexibility index (Phi) is 1.13. The number of fused-ring (bicyclic) bond motifs is 1. The van der Waals surface area contributed by atoms with Gasteiger partial charge in [-0.05, 0) is 25.3 Å². The van der Waals surface area contributed by atoms with E-state index >= 15 is 0 Å². The van der Waals surface area contributed by atoms with Gasteiger partial charge in [0.05, 0.1) is 6.20 Å². The summed E-state index contributed by atoms with van der Waals surface area (Å²) in [5.41, 5.74) is 2.67. The first-order valence-corrected chi connectivity index (χ1v) is 3.57. The molecule has 0 bridgehead atoms. The molecule has 1 aromatic rings. The molecule has 0 fully saturated rings. The average Bonchev–Trinajstić information content (AvgIpc) is 2.34. The standard InChI is InChI=1S/C8H10N2/c1-7-6-9-10-5-3-2-4-8(7)10/h3,5-6H,2,4H2,1H3. The van der Waals surface area contributed by atoms with Crippen LogP contribution in [0.1, 0.15) is 17.7 Å². The van der Waals surface area contributed by atoms with Crippen molar-refractivity contribution in [3.05, 3.63) is 23.5 Å². The van der Waals surface area contributed by atoms with Crippen molar-refractivity contribution in [2.45, 2.75) is 19.8 Å². The Morgan fingerprint density at radius 1 is 1.60 bits per heavy atom. The van der Waals surface area contributed by atoms with Gasteiger partial charge in [-0.25, -0.2) is 4.68 Å². The monoisotopic (exact) mass is 134 g/mol. The van der Waals surface area contributed by atoms with Crippen molar-refractivity contribution < 1.29 is 0 Å². The quantitative estimate of drug-likeness (QED) is 0.527. The third-order valence-electron chi connectivity index (χ3n) is 1.90. The Bertz CT molecular complexity index is 271. The molecule has 0 saturated carbocycles. The van der Waals surface area contributed by atoms with Crippen LogP contribution in [0.4, 0.5) is 0 Å². The third-order valence-corrected chi connectivity index (χ3v) is 1.90. The summed E-state index contributed by atoms with van der Waals surface area (Å²) >= 11 is 0. The molecular formula is C8H10N2. The lowest BCUT2D eigenvalue weighted by Crippen LogP contribution is -2.01. The van der Waals surface area contributed by atoms with Crippen LogP contribution < -0.4 is 0 Å². The van der Waals surface area contributed by atoms with E-state index in [4.69, 9.17) is 0 Å². The first kappa shape index (κ1) is 5.71. The molecule has 0 N–H and O–H groups in total. The molecule has 0 aliphatic carbocycles. The molecule has 52 valence electrons. The maximum atomic E-state index is 4.19. The van der Waals surface area contributed by atoms with E-state index < -0.39 is 0 Å². The number of aromatic nitrogens is 2. The molecule has 0 unspecified atom stereocenters. The number of hydrogen-bond acceptors (Lipinski definition) is 1. The van der Waals surface area contributed by atoms with Gasteiger partial charge >= 0.3 is 0 Å². The molecule has 10 heavy (non-hydrogen) atoms. The van der Waals surface area contributed by atoms with E-state index in [2.05, 4.69) is 18.1 Å². The molecule has 1 aromatic heterocycles. The number of nitrogens with zero attached hydrogens (tertiary/aromatic N) is 2. The van der Waals surface area contributed by atoms with Crippen LogP contribution in [0.25, 0.3) is 6.20 Å². The number of rotatable bonds is 0. The summed E-state index contributed by atoms with van der Waals surface area (Å²) in [5, 5.41) is 4.19. The lowest BCUT2D eigenvalue weighted by atomic mass is 10.1. The fourth-order valence-electron chi connectivity index (χ4n) is 1.31. The van der Waals surface area contributed by atoms with E-state index in [-0.39, 0.29) is 0 Å². The van der Waals surface area contributed by atoms with Crippen molar-refractivity contribution in [3.8, 4) is 0 Å². The maximum Gasteiger partial charge on any atom is 0.0526 e.